The van der Waals surface area contributed by atoms with Crippen LogP contribution in [0.3, 0.4) is 0 Å². The van der Waals surface area contributed by atoms with E-state index in [2.05, 4.69) is 30.7 Å². The van der Waals surface area contributed by atoms with E-state index in [9.17, 15) is 9.59 Å². The summed E-state index contributed by atoms with van der Waals surface area (Å²) in [5, 5.41) is 0. The molecule has 0 aliphatic carbocycles. The Labute approximate surface area is 173 Å². The monoisotopic (exact) mass is 396 g/mol. The molecule has 0 unspecified atom stereocenters. The van der Waals surface area contributed by atoms with Gasteiger partial charge >= 0.3 is 12.1 Å². The number of hydrogen-bond acceptors (Lipinski definition) is 4. The number of esters is 1. The molecule has 0 heterocycles. The van der Waals surface area contributed by atoms with E-state index in [0.29, 0.717) is 13.0 Å². The molecule has 0 aromatic heterocycles. The molecule has 0 amide bonds. The molecule has 0 saturated carbocycles. The Hall–Kier alpha value is -1.32. The summed E-state index contributed by atoms with van der Waals surface area (Å²) in [5.41, 5.74) is 0. The van der Waals surface area contributed by atoms with Gasteiger partial charge in [-0.25, -0.2) is 4.79 Å². The van der Waals surface area contributed by atoms with Crippen LogP contribution in [0.25, 0.3) is 0 Å². The van der Waals surface area contributed by atoms with E-state index in [1.807, 2.05) is 0 Å². The van der Waals surface area contributed by atoms with Gasteiger partial charge < -0.3 is 9.47 Å². The summed E-state index contributed by atoms with van der Waals surface area (Å²) in [4.78, 5) is 22.8. The largest absolute Gasteiger partial charge is 0.516 e. The highest BCUT2D eigenvalue weighted by Gasteiger charge is 2.10. The summed E-state index contributed by atoms with van der Waals surface area (Å²) in [7, 11) is 0. The standard InChI is InChI=1S/C24H44O4/c1-3-5-7-8-9-10-11-12-13-14-15-16-17-18-19-21-23(25)28-24(26)27-22-20-6-4-2/h12-13H,3-11,14-22H2,1-2H3. The number of carbonyl (C=O) groups is 2. The summed E-state index contributed by atoms with van der Waals surface area (Å²) in [6.07, 6.45) is 22.8. The summed E-state index contributed by atoms with van der Waals surface area (Å²) >= 11 is 0. The lowest BCUT2D eigenvalue weighted by molar-refractivity contribution is -0.139. The lowest BCUT2D eigenvalue weighted by Gasteiger charge is -2.04. The molecule has 28 heavy (non-hydrogen) atoms. The summed E-state index contributed by atoms with van der Waals surface area (Å²) < 4.78 is 9.50. The van der Waals surface area contributed by atoms with E-state index in [4.69, 9.17) is 4.74 Å². The Bertz CT molecular complexity index is 390. The van der Waals surface area contributed by atoms with Crippen molar-refractivity contribution >= 4 is 12.1 Å². The van der Waals surface area contributed by atoms with Crippen LogP contribution >= 0.6 is 0 Å². The van der Waals surface area contributed by atoms with Crippen LogP contribution in [0.2, 0.25) is 0 Å². The number of hydrogen-bond donors (Lipinski definition) is 0. The van der Waals surface area contributed by atoms with E-state index in [1.54, 1.807) is 0 Å². The predicted octanol–water partition coefficient (Wildman–Crippen LogP) is 7.89. The maximum atomic E-state index is 11.5. The Morgan fingerprint density at radius 3 is 1.75 bits per heavy atom. The van der Waals surface area contributed by atoms with E-state index in [-0.39, 0.29) is 0 Å². The third kappa shape index (κ3) is 21.0. The molecule has 4 nitrogen and oxygen atoms in total. The first-order valence-corrected chi connectivity index (χ1v) is 11.7. The Kier molecular flexibility index (Phi) is 20.9. The van der Waals surface area contributed by atoms with E-state index in [1.165, 1.54) is 57.8 Å². The van der Waals surface area contributed by atoms with Crippen LogP contribution in [0, 0.1) is 0 Å². The first-order chi connectivity index (χ1) is 13.7. The molecule has 0 aromatic carbocycles. The van der Waals surface area contributed by atoms with Gasteiger partial charge in [-0.15, -0.1) is 0 Å². The highest BCUT2D eigenvalue weighted by Crippen LogP contribution is 2.10. The van der Waals surface area contributed by atoms with E-state index < -0.39 is 12.1 Å². The minimum absolute atomic E-state index is 0.294. The van der Waals surface area contributed by atoms with Crippen molar-refractivity contribution in [3.8, 4) is 0 Å². The molecule has 0 aromatic rings. The second kappa shape index (κ2) is 22.0. The number of ether oxygens (including phenoxy) is 2. The number of allylic oxidation sites excluding steroid dienone is 2. The third-order valence-electron chi connectivity index (χ3n) is 4.81. The minimum atomic E-state index is -0.853. The van der Waals surface area contributed by atoms with Gasteiger partial charge in [0.05, 0.1) is 6.61 Å². The van der Waals surface area contributed by atoms with Crippen LogP contribution < -0.4 is 0 Å². The summed E-state index contributed by atoms with van der Waals surface area (Å²) in [6.45, 7) is 4.66. The molecular weight excluding hydrogens is 352 g/mol. The minimum Gasteiger partial charge on any atom is -0.434 e. The summed E-state index contributed by atoms with van der Waals surface area (Å²) in [5.74, 6) is -0.474. The van der Waals surface area contributed by atoms with Crippen molar-refractivity contribution in [3.63, 3.8) is 0 Å². The zero-order valence-electron chi connectivity index (χ0n) is 18.5. The number of rotatable bonds is 19. The molecule has 0 bridgehead atoms. The fourth-order valence-electron chi connectivity index (χ4n) is 3.02. The molecule has 0 spiro atoms. The fraction of sp³-hybridized carbons (Fsp3) is 0.833. The van der Waals surface area contributed by atoms with Gasteiger partial charge in [-0.2, -0.15) is 0 Å². The van der Waals surface area contributed by atoms with Crippen LogP contribution in [0.1, 0.15) is 123 Å². The lowest BCUT2D eigenvalue weighted by Crippen LogP contribution is -2.14. The lowest BCUT2D eigenvalue weighted by atomic mass is 10.1. The van der Waals surface area contributed by atoms with Crippen LogP contribution in [0.5, 0.6) is 0 Å². The Balaban J connectivity index is 3.32. The zero-order chi connectivity index (χ0) is 20.7. The van der Waals surface area contributed by atoms with E-state index >= 15 is 0 Å². The first-order valence-electron chi connectivity index (χ1n) is 11.7. The molecule has 164 valence electrons. The van der Waals surface area contributed by atoms with Gasteiger partial charge in [-0.3, -0.25) is 4.79 Å². The molecule has 0 N–H and O–H groups in total. The third-order valence-corrected chi connectivity index (χ3v) is 4.81. The first kappa shape index (κ1) is 26.7. The molecule has 0 radical (unpaired) electrons. The van der Waals surface area contributed by atoms with Gasteiger partial charge in [-0.1, -0.05) is 90.2 Å². The van der Waals surface area contributed by atoms with Crippen molar-refractivity contribution in [3.05, 3.63) is 12.2 Å². The predicted molar refractivity (Wildman–Crippen MR) is 116 cm³/mol. The molecule has 0 saturated heterocycles. The fourth-order valence-corrected chi connectivity index (χ4v) is 3.02. The summed E-state index contributed by atoms with van der Waals surface area (Å²) in [6, 6.07) is 0. The van der Waals surface area contributed by atoms with Crippen LogP contribution in [0.4, 0.5) is 4.79 Å². The number of unbranched alkanes of at least 4 members (excludes halogenated alkanes) is 13. The Morgan fingerprint density at radius 2 is 1.14 bits per heavy atom. The molecule has 0 aliphatic rings. The normalized spacial score (nSPS) is 11.1. The average Bonchev–Trinajstić information content (AvgIpc) is 2.68. The number of carbonyl (C=O) groups excluding carboxylic acids is 2. The molecule has 0 aliphatic heterocycles. The smallest absolute Gasteiger partial charge is 0.434 e. The maximum absolute atomic E-state index is 11.5. The van der Waals surface area contributed by atoms with Gasteiger partial charge in [0, 0.05) is 6.42 Å². The van der Waals surface area contributed by atoms with Gasteiger partial charge in [0.15, 0.2) is 0 Å². The van der Waals surface area contributed by atoms with Crippen molar-refractivity contribution in [1.82, 2.24) is 0 Å². The van der Waals surface area contributed by atoms with Gasteiger partial charge in [0.1, 0.15) is 0 Å². The van der Waals surface area contributed by atoms with Crippen LogP contribution in [0.15, 0.2) is 12.2 Å². The van der Waals surface area contributed by atoms with Crippen molar-refractivity contribution in [1.29, 1.82) is 0 Å². The second-order valence-corrected chi connectivity index (χ2v) is 7.61. The van der Waals surface area contributed by atoms with Crippen LogP contribution in [-0.2, 0) is 14.3 Å². The molecule has 0 rings (SSSR count). The molecule has 0 fully saturated rings. The SMILES string of the molecule is CCCCCCCCC=CCCCCCCCC(=O)OC(=O)OCCCCC. The molecule has 4 heteroatoms. The second-order valence-electron chi connectivity index (χ2n) is 7.61. The van der Waals surface area contributed by atoms with Crippen molar-refractivity contribution in [2.24, 2.45) is 0 Å². The van der Waals surface area contributed by atoms with Crippen molar-refractivity contribution in [2.75, 3.05) is 6.61 Å². The maximum Gasteiger partial charge on any atom is 0.516 e. The van der Waals surface area contributed by atoms with Crippen LogP contribution in [-0.4, -0.2) is 18.7 Å². The van der Waals surface area contributed by atoms with Gasteiger partial charge in [0.2, 0.25) is 0 Å². The molecular formula is C24H44O4. The zero-order valence-corrected chi connectivity index (χ0v) is 18.5. The highest BCUT2D eigenvalue weighted by molar-refractivity contribution is 5.81. The van der Waals surface area contributed by atoms with Gasteiger partial charge in [-0.05, 0) is 38.5 Å². The average molecular weight is 397 g/mol. The topological polar surface area (TPSA) is 52.6 Å². The van der Waals surface area contributed by atoms with Gasteiger partial charge in [0.25, 0.3) is 0 Å². The Morgan fingerprint density at radius 1 is 0.643 bits per heavy atom. The van der Waals surface area contributed by atoms with Crippen molar-refractivity contribution < 1.29 is 19.1 Å². The molecule has 0 atom stereocenters. The highest BCUT2D eigenvalue weighted by atomic mass is 16.7. The van der Waals surface area contributed by atoms with Crippen molar-refractivity contribution in [2.45, 2.75) is 123 Å². The van der Waals surface area contributed by atoms with E-state index in [0.717, 1.165) is 44.9 Å². The quantitative estimate of drug-likeness (QED) is 0.0963.